The van der Waals surface area contributed by atoms with Crippen molar-refractivity contribution in [2.24, 2.45) is 7.05 Å². The fourth-order valence-electron chi connectivity index (χ4n) is 3.76. The summed E-state index contributed by atoms with van der Waals surface area (Å²) in [5.41, 5.74) is 9.93. The Morgan fingerprint density at radius 1 is 1.39 bits per heavy atom. The Balaban J connectivity index is 1.53. The quantitative estimate of drug-likeness (QED) is 0.322. The number of nitrogens with zero attached hydrogens (tertiary/aromatic N) is 3. The minimum absolute atomic E-state index is 0.0261. The predicted octanol–water partition coefficient (Wildman–Crippen LogP) is 2.83. The first-order valence-electron chi connectivity index (χ1n) is 10.3. The predicted molar refractivity (Wildman–Crippen MR) is 116 cm³/mol. The molecule has 2 unspecified atom stereocenters. The van der Waals surface area contributed by atoms with E-state index >= 15 is 0 Å². The molecule has 2 atom stereocenters. The first-order chi connectivity index (χ1) is 13.3. The van der Waals surface area contributed by atoms with E-state index in [4.69, 9.17) is 10.5 Å². The van der Waals surface area contributed by atoms with Gasteiger partial charge in [-0.3, -0.25) is 0 Å². The summed E-state index contributed by atoms with van der Waals surface area (Å²) in [5.74, 6) is 0. The van der Waals surface area contributed by atoms with Crippen LogP contribution < -0.4 is 15.2 Å². The van der Waals surface area contributed by atoms with Crippen molar-refractivity contribution >= 4 is 21.6 Å². The normalized spacial score (nSPS) is 18.6. The SMILES string of the molecule is CC([Si])C(C)(C)c1cc(N2CCC(OCCCn3cc[n+](C)c3)C2)ccc1N. The Hall–Kier alpha value is -1.79. The van der Waals surface area contributed by atoms with Gasteiger partial charge in [0.05, 0.1) is 26.3 Å². The van der Waals surface area contributed by atoms with E-state index in [2.05, 4.69) is 75.9 Å². The number of nitrogens with two attached hydrogens (primary N) is 1. The van der Waals surface area contributed by atoms with Gasteiger partial charge in [0.1, 0.15) is 12.4 Å². The highest BCUT2D eigenvalue weighted by atomic mass is 28.1. The zero-order chi connectivity index (χ0) is 20.3. The maximum absolute atomic E-state index is 6.30. The lowest BCUT2D eigenvalue weighted by atomic mass is 9.80. The summed E-state index contributed by atoms with van der Waals surface area (Å²) in [6.45, 7) is 10.4. The zero-order valence-corrected chi connectivity index (χ0v) is 18.7. The van der Waals surface area contributed by atoms with Gasteiger partial charge in [0.2, 0.25) is 6.33 Å². The molecule has 1 aliphatic rings. The topological polar surface area (TPSA) is 47.3 Å². The molecule has 0 spiro atoms. The molecule has 1 saturated heterocycles. The number of nitrogen functional groups attached to an aromatic ring is 1. The smallest absolute Gasteiger partial charge is 0.243 e. The van der Waals surface area contributed by atoms with E-state index in [1.54, 1.807) is 0 Å². The van der Waals surface area contributed by atoms with Gasteiger partial charge in [-0.2, -0.15) is 0 Å². The van der Waals surface area contributed by atoms with Crippen molar-refractivity contribution < 1.29 is 9.30 Å². The van der Waals surface area contributed by atoms with Crippen molar-refractivity contribution in [1.29, 1.82) is 0 Å². The lowest BCUT2D eigenvalue weighted by molar-refractivity contribution is -0.671. The number of benzene rings is 1. The molecular weight excluding hydrogens is 364 g/mol. The fraction of sp³-hybridized carbons (Fsp3) is 0.591. The summed E-state index contributed by atoms with van der Waals surface area (Å²) in [6.07, 6.45) is 8.69. The molecule has 3 radical (unpaired) electrons. The van der Waals surface area contributed by atoms with Crippen LogP contribution in [-0.4, -0.2) is 40.6 Å². The van der Waals surface area contributed by atoms with Gasteiger partial charge in [-0.1, -0.05) is 20.8 Å². The average molecular weight is 399 g/mol. The third-order valence-corrected chi connectivity index (χ3v) is 6.78. The summed E-state index contributed by atoms with van der Waals surface area (Å²) in [5, 5.41) is 0. The Morgan fingerprint density at radius 2 is 2.18 bits per heavy atom. The highest BCUT2D eigenvalue weighted by molar-refractivity contribution is 6.12. The van der Waals surface area contributed by atoms with E-state index in [9.17, 15) is 0 Å². The van der Waals surface area contributed by atoms with Crippen molar-refractivity contribution in [2.45, 2.75) is 57.2 Å². The summed E-state index contributed by atoms with van der Waals surface area (Å²) < 4.78 is 10.4. The fourth-order valence-corrected chi connectivity index (χ4v) is 3.92. The molecule has 1 aliphatic heterocycles. The van der Waals surface area contributed by atoms with Crippen molar-refractivity contribution in [3.05, 3.63) is 42.5 Å². The van der Waals surface area contributed by atoms with Crippen molar-refractivity contribution in [3.63, 3.8) is 0 Å². The van der Waals surface area contributed by atoms with E-state index in [0.29, 0.717) is 11.6 Å². The van der Waals surface area contributed by atoms with E-state index in [1.165, 1.54) is 11.3 Å². The van der Waals surface area contributed by atoms with Crippen molar-refractivity contribution in [3.8, 4) is 0 Å². The van der Waals surface area contributed by atoms with Crippen LogP contribution in [0.4, 0.5) is 11.4 Å². The molecule has 1 aromatic carbocycles. The standard InChI is InChI=1S/C22H34N4OSi/c1-17(28)22(2,3)20-14-18(6-7-21(20)23)26-10-8-19(15-26)27-13-5-9-25-12-11-24(4)16-25/h6-7,11-12,14,16-17,19H,5,8-10,13,15,23H2,1-4H3/q+1. The van der Waals surface area contributed by atoms with Crippen molar-refractivity contribution in [1.82, 2.24) is 4.57 Å². The van der Waals surface area contributed by atoms with Gasteiger partial charge < -0.3 is 15.4 Å². The average Bonchev–Trinajstić information content (AvgIpc) is 3.28. The first kappa shape index (κ1) is 20.9. The Labute approximate surface area is 172 Å². The molecular formula is C22H34N4OSi+. The molecule has 2 heterocycles. The van der Waals surface area contributed by atoms with Crippen LogP contribution in [0.3, 0.4) is 0 Å². The zero-order valence-electron chi connectivity index (χ0n) is 17.7. The Bertz CT molecular complexity index is 787. The van der Waals surface area contributed by atoms with Gasteiger partial charge in [0.25, 0.3) is 0 Å². The van der Waals surface area contributed by atoms with E-state index in [-0.39, 0.29) is 5.41 Å². The second-order valence-corrected chi connectivity index (χ2v) is 9.48. The van der Waals surface area contributed by atoms with Gasteiger partial charge in [0.15, 0.2) is 0 Å². The van der Waals surface area contributed by atoms with Gasteiger partial charge >= 0.3 is 0 Å². The molecule has 2 N–H and O–H groups in total. The number of aryl methyl sites for hydroxylation is 2. The molecule has 6 heteroatoms. The van der Waals surface area contributed by atoms with Gasteiger partial charge in [0, 0.05) is 41.1 Å². The lowest BCUT2D eigenvalue weighted by Gasteiger charge is -2.32. The maximum Gasteiger partial charge on any atom is 0.243 e. The molecule has 0 amide bonds. The molecule has 0 bridgehead atoms. The van der Waals surface area contributed by atoms with E-state index in [1.807, 2.05) is 13.1 Å². The van der Waals surface area contributed by atoms with Crippen LogP contribution in [0.5, 0.6) is 0 Å². The monoisotopic (exact) mass is 398 g/mol. The van der Waals surface area contributed by atoms with Crippen LogP contribution in [0, 0.1) is 0 Å². The minimum atomic E-state index is -0.0261. The molecule has 28 heavy (non-hydrogen) atoms. The van der Waals surface area contributed by atoms with Crippen LogP contribution in [0.15, 0.2) is 36.9 Å². The van der Waals surface area contributed by atoms with Crippen LogP contribution in [-0.2, 0) is 23.7 Å². The number of ether oxygens (including phenoxy) is 1. The number of aromatic nitrogens is 2. The summed E-state index contributed by atoms with van der Waals surface area (Å²) >= 11 is 0. The second kappa shape index (κ2) is 8.70. The van der Waals surface area contributed by atoms with Gasteiger partial charge in [-0.15, -0.1) is 0 Å². The lowest BCUT2D eigenvalue weighted by Crippen LogP contribution is -2.26. The highest BCUT2D eigenvalue weighted by Gasteiger charge is 2.29. The third-order valence-electron chi connectivity index (χ3n) is 6.06. The number of rotatable bonds is 8. The van der Waals surface area contributed by atoms with Crippen molar-refractivity contribution in [2.75, 3.05) is 30.3 Å². The van der Waals surface area contributed by atoms with Crippen LogP contribution in [0.2, 0.25) is 5.54 Å². The maximum atomic E-state index is 6.30. The first-order valence-corrected chi connectivity index (χ1v) is 10.8. The van der Waals surface area contributed by atoms with Gasteiger partial charge in [-0.25, -0.2) is 9.13 Å². The van der Waals surface area contributed by atoms with Gasteiger partial charge in [-0.05, 0) is 41.1 Å². The number of hydrogen-bond acceptors (Lipinski definition) is 3. The third kappa shape index (κ3) is 4.78. The number of hydrogen-bond donors (Lipinski definition) is 1. The Kier molecular flexibility index (Phi) is 6.50. The van der Waals surface area contributed by atoms with Crippen LogP contribution >= 0.6 is 0 Å². The molecule has 3 rings (SSSR count). The molecule has 2 aromatic rings. The van der Waals surface area contributed by atoms with E-state index in [0.717, 1.165) is 44.8 Å². The molecule has 1 aromatic heterocycles. The number of anilines is 2. The summed E-state index contributed by atoms with van der Waals surface area (Å²) in [4.78, 5) is 2.42. The molecule has 0 saturated carbocycles. The minimum Gasteiger partial charge on any atom is -0.398 e. The highest BCUT2D eigenvalue weighted by Crippen LogP contribution is 2.39. The summed E-state index contributed by atoms with van der Waals surface area (Å²) in [7, 11) is 5.84. The molecule has 5 nitrogen and oxygen atoms in total. The molecule has 1 fully saturated rings. The largest absolute Gasteiger partial charge is 0.398 e. The second-order valence-electron chi connectivity index (χ2n) is 8.61. The summed E-state index contributed by atoms with van der Waals surface area (Å²) in [6, 6.07) is 6.45. The Morgan fingerprint density at radius 3 is 2.86 bits per heavy atom. The molecule has 151 valence electrons. The van der Waals surface area contributed by atoms with Crippen LogP contribution in [0.25, 0.3) is 0 Å². The van der Waals surface area contributed by atoms with E-state index < -0.39 is 0 Å². The number of imidazole rings is 1. The van der Waals surface area contributed by atoms with Crippen LogP contribution in [0.1, 0.15) is 39.2 Å². The molecule has 0 aliphatic carbocycles.